The Morgan fingerprint density at radius 3 is 1.29 bits per heavy atom. The average molecular weight is 741 g/mol. The van der Waals surface area contributed by atoms with E-state index in [-0.39, 0.29) is 0 Å². The lowest BCUT2D eigenvalue weighted by atomic mass is 9.95. The zero-order valence-electron chi connectivity index (χ0n) is 31.2. The van der Waals surface area contributed by atoms with Gasteiger partial charge < -0.3 is 9.13 Å². The first-order valence-electron chi connectivity index (χ1n) is 19.3. The molecule has 0 radical (unpaired) electrons. The number of nitrogens with zero attached hydrogens (tertiary/aromatic N) is 6. The van der Waals surface area contributed by atoms with Gasteiger partial charge >= 0.3 is 0 Å². The second-order valence-corrected chi connectivity index (χ2v) is 14.3. The van der Waals surface area contributed by atoms with Crippen LogP contribution in [-0.2, 0) is 0 Å². The minimum Gasteiger partial charge on any atom is -0.309 e. The van der Waals surface area contributed by atoms with Crippen molar-refractivity contribution in [2.24, 2.45) is 0 Å². The SMILES string of the molecule is N#Cc1ccc(-n2c3ccccc3c3ccccc32)c(-c2cccc(-c3nc(-c4ccccc4)nc(-c4ccccc4)n3)c2-n2c3ccccc3c3ccccc32)c1. The Hall–Kier alpha value is -8.14. The molecule has 270 valence electrons. The summed E-state index contributed by atoms with van der Waals surface area (Å²) in [4.78, 5) is 15.6. The number of para-hydroxylation sites is 5. The molecule has 3 aromatic heterocycles. The monoisotopic (exact) mass is 740 g/mol. The molecule has 0 unspecified atom stereocenters. The fourth-order valence-electron chi connectivity index (χ4n) is 8.47. The van der Waals surface area contributed by atoms with Crippen LogP contribution in [0.25, 0.3) is 100 Å². The molecule has 0 aliphatic heterocycles. The number of aromatic nitrogens is 5. The van der Waals surface area contributed by atoms with E-state index in [2.05, 4.69) is 137 Å². The number of hydrogen-bond donors (Lipinski definition) is 0. The third kappa shape index (κ3) is 5.30. The topological polar surface area (TPSA) is 72.3 Å². The van der Waals surface area contributed by atoms with Crippen LogP contribution in [0.3, 0.4) is 0 Å². The third-order valence-corrected chi connectivity index (χ3v) is 11.0. The van der Waals surface area contributed by atoms with Crippen LogP contribution in [0, 0.1) is 11.3 Å². The lowest BCUT2D eigenvalue weighted by Crippen LogP contribution is -2.06. The first-order chi connectivity index (χ1) is 28.7. The molecule has 11 rings (SSSR count). The maximum absolute atomic E-state index is 10.4. The van der Waals surface area contributed by atoms with Crippen LogP contribution < -0.4 is 0 Å². The molecular weight excluding hydrogens is 709 g/mol. The fraction of sp³-hybridized carbons (Fsp3) is 0. The quantitative estimate of drug-likeness (QED) is 0.170. The Morgan fingerprint density at radius 1 is 0.362 bits per heavy atom. The summed E-state index contributed by atoms with van der Waals surface area (Å²) in [6.07, 6.45) is 0. The van der Waals surface area contributed by atoms with E-state index in [0.29, 0.717) is 23.0 Å². The van der Waals surface area contributed by atoms with Gasteiger partial charge in [-0.05, 0) is 48.5 Å². The van der Waals surface area contributed by atoms with Gasteiger partial charge in [-0.3, -0.25) is 0 Å². The summed E-state index contributed by atoms with van der Waals surface area (Å²) in [5.41, 5.74) is 11.2. The van der Waals surface area contributed by atoms with Gasteiger partial charge in [0.1, 0.15) is 0 Å². The smallest absolute Gasteiger partial charge is 0.166 e. The highest BCUT2D eigenvalue weighted by Gasteiger charge is 2.25. The highest BCUT2D eigenvalue weighted by molar-refractivity contribution is 6.12. The van der Waals surface area contributed by atoms with E-state index >= 15 is 0 Å². The molecule has 0 N–H and O–H groups in total. The van der Waals surface area contributed by atoms with Gasteiger partial charge in [-0.2, -0.15) is 5.26 Å². The molecule has 6 nitrogen and oxygen atoms in total. The standard InChI is InChI=1S/C52H32N6/c53-33-34-30-31-48(57-44-26-11-7-20-37(44)38-21-8-12-27-45(38)57)43(32-34)41-24-15-25-42(49(41)58-46-28-13-9-22-39(46)40-23-10-14-29-47(40)58)52-55-50(35-16-3-1-4-17-35)54-51(56-52)36-18-5-2-6-19-36/h1-32H. The van der Waals surface area contributed by atoms with Crippen LogP contribution in [0.1, 0.15) is 5.56 Å². The second-order valence-electron chi connectivity index (χ2n) is 14.3. The molecule has 0 saturated heterocycles. The fourth-order valence-corrected chi connectivity index (χ4v) is 8.47. The number of hydrogen-bond acceptors (Lipinski definition) is 4. The van der Waals surface area contributed by atoms with Gasteiger partial charge in [0.15, 0.2) is 17.5 Å². The minimum atomic E-state index is 0.543. The van der Waals surface area contributed by atoms with Crippen molar-refractivity contribution >= 4 is 43.6 Å². The molecule has 8 aromatic carbocycles. The van der Waals surface area contributed by atoms with Gasteiger partial charge in [0.25, 0.3) is 0 Å². The largest absolute Gasteiger partial charge is 0.309 e. The minimum absolute atomic E-state index is 0.543. The molecule has 11 aromatic rings. The first-order valence-corrected chi connectivity index (χ1v) is 19.3. The summed E-state index contributed by atoms with van der Waals surface area (Å²) >= 11 is 0. The summed E-state index contributed by atoms with van der Waals surface area (Å²) in [6, 6.07) is 69.0. The Labute approximate surface area is 334 Å². The highest BCUT2D eigenvalue weighted by Crippen LogP contribution is 2.44. The zero-order chi connectivity index (χ0) is 38.6. The van der Waals surface area contributed by atoms with Gasteiger partial charge in [0.05, 0.1) is 45.1 Å². The van der Waals surface area contributed by atoms with Crippen molar-refractivity contribution in [1.29, 1.82) is 5.26 Å². The van der Waals surface area contributed by atoms with Gasteiger partial charge in [-0.15, -0.1) is 0 Å². The zero-order valence-corrected chi connectivity index (χ0v) is 31.2. The summed E-state index contributed by atoms with van der Waals surface area (Å²) in [5, 5.41) is 15.0. The lowest BCUT2D eigenvalue weighted by Gasteiger charge is -2.21. The van der Waals surface area contributed by atoms with Crippen molar-refractivity contribution in [3.63, 3.8) is 0 Å². The van der Waals surface area contributed by atoms with Crippen LogP contribution in [0.15, 0.2) is 194 Å². The van der Waals surface area contributed by atoms with Crippen molar-refractivity contribution in [2.75, 3.05) is 0 Å². The average Bonchev–Trinajstić information content (AvgIpc) is 3.82. The van der Waals surface area contributed by atoms with Crippen molar-refractivity contribution in [1.82, 2.24) is 24.1 Å². The van der Waals surface area contributed by atoms with E-state index in [1.165, 1.54) is 0 Å². The van der Waals surface area contributed by atoms with Crippen LogP contribution in [-0.4, -0.2) is 24.1 Å². The number of benzene rings is 8. The van der Waals surface area contributed by atoms with E-state index in [0.717, 1.165) is 82.8 Å². The van der Waals surface area contributed by atoms with Crippen LogP contribution in [0.2, 0.25) is 0 Å². The van der Waals surface area contributed by atoms with E-state index in [1.54, 1.807) is 0 Å². The second kappa shape index (κ2) is 13.6. The maximum Gasteiger partial charge on any atom is 0.166 e. The van der Waals surface area contributed by atoms with E-state index < -0.39 is 0 Å². The highest BCUT2D eigenvalue weighted by atomic mass is 15.1. The summed E-state index contributed by atoms with van der Waals surface area (Å²) in [7, 11) is 0. The molecule has 0 saturated carbocycles. The molecule has 6 heteroatoms. The van der Waals surface area contributed by atoms with Crippen LogP contribution in [0.4, 0.5) is 0 Å². The van der Waals surface area contributed by atoms with Gasteiger partial charge in [-0.25, -0.2) is 15.0 Å². The van der Waals surface area contributed by atoms with E-state index in [4.69, 9.17) is 15.0 Å². The van der Waals surface area contributed by atoms with Gasteiger partial charge in [-0.1, -0.05) is 146 Å². The van der Waals surface area contributed by atoms with Crippen LogP contribution in [0.5, 0.6) is 0 Å². The van der Waals surface area contributed by atoms with Crippen molar-refractivity contribution in [3.05, 3.63) is 200 Å². The van der Waals surface area contributed by atoms with Crippen molar-refractivity contribution in [2.45, 2.75) is 0 Å². The maximum atomic E-state index is 10.4. The number of rotatable bonds is 6. The predicted octanol–water partition coefficient (Wildman–Crippen LogP) is 12.6. The van der Waals surface area contributed by atoms with E-state index in [9.17, 15) is 5.26 Å². The van der Waals surface area contributed by atoms with Gasteiger partial charge in [0.2, 0.25) is 0 Å². The number of nitriles is 1. The Balaban J connectivity index is 1.29. The Bertz CT molecular complexity index is 3240. The molecule has 0 amide bonds. The van der Waals surface area contributed by atoms with Gasteiger partial charge in [0, 0.05) is 49.4 Å². The molecule has 0 spiro atoms. The van der Waals surface area contributed by atoms with Crippen LogP contribution >= 0.6 is 0 Å². The summed E-state index contributed by atoms with van der Waals surface area (Å²) in [6.45, 7) is 0. The molecule has 0 atom stereocenters. The molecule has 58 heavy (non-hydrogen) atoms. The lowest BCUT2D eigenvalue weighted by molar-refractivity contribution is 1.06. The number of fused-ring (bicyclic) bond motifs is 6. The normalized spacial score (nSPS) is 11.4. The van der Waals surface area contributed by atoms with E-state index in [1.807, 2.05) is 72.8 Å². The summed E-state index contributed by atoms with van der Waals surface area (Å²) < 4.78 is 4.67. The van der Waals surface area contributed by atoms with Crippen molar-refractivity contribution in [3.8, 4) is 62.7 Å². The molecule has 0 fully saturated rings. The molecule has 0 aliphatic rings. The predicted molar refractivity (Wildman–Crippen MR) is 235 cm³/mol. The molecule has 3 heterocycles. The molecule has 0 bridgehead atoms. The Kier molecular flexibility index (Phi) is 7.76. The third-order valence-electron chi connectivity index (χ3n) is 11.0. The molecular formula is C52H32N6. The first kappa shape index (κ1) is 33.2. The Morgan fingerprint density at radius 2 is 0.793 bits per heavy atom. The van der Waals surface area contributed by atoms with Crippen molar-refractivity contribution < 1.29 is 0 Å². The summed E-state index contributed by atoms with van der Waals surface area (Å²) in [5.74, 6) is 1.71. The molecule has 0 aliphatic carbocycles.